The maximum Gasteiger partial charge on any atom is 0.410 e. The maximum absolute atomic E-state index is 11.8. The topological polar surface area (TPSA) is 29.5 Å². The van der Waals surface area contributed by atoms with E-state index >= 15 is 0 Å². The van der Waals surface area contributed by atoms with Gasteiger partial charge >= 0.3 is 6.09 Å². The predicted octanol–water partition coefficient (Wildman–Crippen LogP) is 3.04. The Kier molecular flexibility index (Phi) is 4.00. The summed E-state index contributed by atoms with van der Waals surface area (Å²) in [4.78, 5) is 13.6. The van der Waals surface area contributed by atoms with E-state index in [0.717, 1.165) is 31.8 Å². The number of amides is 1. The van der Waals surface area contributed by atoms with Crippen molar-refractivity contribution in [3.63, 3.8) is 0 Å². The zero-order chi connectivity index (χ0) is 11.5. The van der Waals surface area contributed by atoms with Gasteiger partial charge in [0.2, 0.25) is 0 Å². The van der Waals surface area contributed by atoms with Crippen LogP contribution in [0.25, 0.3) is 0 Å². The first-order valence-electron chi connectivity index (χ1n) is 5.86. The van der Waals surface area contributed by atoms with Crippen molar-refractivity contribution in [1.82, 2.24) is 4.90 Å². The van der Waals surface area contributed by atoms with E-state index in [1.165, 1.54) is 6.42 Å². The Morgan fingerprint density at radius 2 is 1.93 bits per heavy atom. The molecule has 1 heterocycles. The van der Waals surface area contributed by atoms with Crippen molar-refractivity contribution in [3.05, 3.63) is 0 Å². The Morgan fingerprint density at radius 3 is 2.53 bits per heavy atom. The van der Waals surface area contributed by atoms with Gasteiger partial charge in [0.25, 0.3) is 0 Å². The van der Waals surface area contributed by atoms with Crippen LogP contribution in [0.15, 0.2) is 0 Å². The highest BCUT2D eigenvalue weighted by Gasteiger charge is 2.23. The summed E-state index contributed by atoms with van der Waals surface area (Å²) >= 11 is 0. The van der Waals surface area contributed by atoms with Crippen LogP contribution in [0.4, 0.5) is 4.79 Å². The minimum atomic E-state index is -0.380. The number of carbonyl (C=O) groups excluding carboxylic acids is 1. The molecule has 1 rings (SSSR count). The summed E-state index contributed by atoms with van der Waals surface area (Å²) < 4.78 is 5.35. The lowest BCUT2D eigenvalue weighted by Crippen LogP contribution is -2.37. The number of likely N-dealkylation sites (tertiary alicyclic amines) is 1. The lowest BCUT2D eigenvalue weighted by atomic mass is 10.0. The minimum absolute atomic E-state index is 0.156. The van der Waals surface area contributed by atoms with E-state index in [0.29, 0.717) is 0 Å². The Labute approximate surface area is 92.8 Å². The van der Waals surface area contributed by atoms with E-state index in [9.17, 15) is 4.79 Å². The third-order valence-electron chi connectivity index (χ3n) is 2.67. The molecule has 1 aliphatic heterocycles. The van der Waals surface area contributed by atoms with Crippen molar-refractivity contribution in [2.75, 3.05) is 13.1 Å². The molecular weight excluding hydrogens is 190 g/mol. The summed E-state index contributed by atoms with van der Waals surface area (Å²) in [6.45, 7) is 9.66. The van der Waals surface area contributed by atoms with Gasteiger partial charge in [-0.1, -0.05) is 6.92 Å². The van der Waals surface area contributed by atoms with Crippen molar-refractivity contribution in [2.24, 2.45) is 5.92 Å². The maximum atomic E-state index is 11.8. The van der Waals surface area contributed by atoms with Gasteiger partial charge in [0.05, 0.1) is 0 Å². The van der Waals surface area contributed by atoms with E-state index in [1.54, 1.807) is 0 Å². The predicted molar refractivity (Wildman–Crippen MR) is 60.8 cm³/mol. The smallest absolute Gasteiger partial charge is 0.410 e. The van der Waals surface area contributed by atoms with Crippen LogP contribution >= 0.6 is 0 Å². The van der Waals surface area contributed by atoms with E-state index in [2.05, 4.69) is 6.92 Å². The van der Waals surface area contributed by atoms with E-state index in [1.807, 2.05) is 25.7 Å². The fraction of sp³-hybridized carbons (Fsp3) is 0.917. The Hall–Kier alpha value is -0.730. The summed E-state index contributed by atoms with van der Waals surface area (Å²) in [5, 5.41) is 0. The number of nitrogens with zero attached hydrogens (tertiary/aromatic N) is 1. The molecule has 3 nitrogen and oxygen atoms in total. The lowest BCUT2D eigenvalue weighted by molar-refractivity contribution is 0.0255. The zero-order valence-corrected chi connectivity index (χ0v) is 10.4. The van der Waals surface area contributed by atoms with Crippen LogP contribution in [0.1, 0.15) is 47.0 Å². The molecule has 0 spiro atoms. The quantitative estimate of drug-likeness (QED) is 0.619. The fourth-order valence-corrected chi connectivity index (χ4v) is 1.77. The van der Waals surface area contributed by atoms with Crippen molar-refractivity contribution in [1.29, 1.82) is 0 Å². The third-order valence-corrected chi connectivity index (χ3v) is 2.67. The van der Waals surface area contributed by atoms with E-state index in [4.69, 9.17) is 4.74 Å². The second-order valence-electron chi connectivity index (χ2n) is 5.50. The molecule has 0 aromatic heterocycles. The highest BCUT2D eigenvalue weighted by molar-refractivity contribution is 5.68. The van der Waals surface area contributed by atoms with Crippen LogP contribution in [0.5, 0.6) is 0 Å². The highest BCUT2D eigenvalue weighted by Crippen LogP contribution is 2.18. The summed E-state index contributed by atoms with van der Waals surface area (Å²) in [6, 6.07) is 0. The van der Waals surface area contributed by atoms with Gasteiger partial charge in [-0.3, -0.25) is 0 Å². The van der Waals surface area contributed by atoms with Crippen LogP contribution in [0.2, 0.25) is 0 Å². The molecule has 0 N–H and O–H groups in total. The highest BCUT2D eigenvalue weighted by atomic mass is 16.6. The molecular formula is C12H23NO2. The van der Waals surface area contributed by atoms with Gasteiger partial charge in [0.1, 0.15) is 5.60 Å². The molecule has 1 amide bonds. The molecule has 0 saturated carbocycles. The van der Waals surface area contributed by atoms with Gasteiger partial charge in [0, 0.05) is 13.1 Å². The van der Waals surface area contributed by atoms with Gasteiger partial charge < -0.3 is 9.64 Å². The Bertz CT molecular complexity index is 220. The van der Waals surface area contributed by atoms with Crippen LogP contribution in [-0.2, 0) is 4.74 Å². The molecule has 0 aromatic rings. The van der Waals surface area contributed by atoms with Crippen molar-refractivity contribution >= 4 is 6.09 Å². The fourth-order valence-electron chi connectivity index (χ4n) is 1.77. The molecule has 1 aliphatic rings. The normalized spacial score (nSPS) is 23.5. The summed E-state index contributed by atoms with van der Waals surface area (Å²) in [7, 11) is 0. The standard InChI is InChI=1S/C12H23NO2/c1-10-6-5-8-13(9-7-10)11(14)15-12(2,3)4/h10H,5-9H2,1-4H3. The largest absolute Gasteiger partial charge is 0.444 e. The number of ether oxygens (including phenoxy) is 1. The molecule has 0 radical (unpaired) electrons. The van der Waals surface area contributed by atoms with Crippen molar-refractivity contribution in [2.45, 2.75) is 52.6 Å². The first kappa shape index (κ1) is 12.3. The van der Waals surface area contributed by atoms with Crippen LogP contribution in [0, 0.1) is 5.92 Å². The van der Waals surface area contributed by atoms with Gasteiger partial charge in [-0.15, -0.1) is 0 Å². The molecule has 3 heteroatoms. The average Bonchev–Trinajstić information content (AvgIpc) is 2.26. The molecule has 1 saturated heterocycles. The summed E-state index contributed by atoms with van der Waals surface area (Å²) in [5.41, 5.74) is -0.380. The molecule has 0 aromatic carbocycles. The second kappa shape index (κ2) is 4.86. The van der Waals surface area contributed by atoms with E-state index in [-0.39, 0.29) is 11.7 Å². The number of hydrogen-bond acceptors (Lipinski definition) is 2. The van der Waals surface area contributed by atoms with E-state index < -0.39 is 0 Å². The molecule has 1 fully saturated rings. The Morgan fingerprint density at radius 1 is 1.27 bits per heavy atom. The Balaban J connectivity index is 2.45. The van der Waals surface area contributed by atoms with Gasteiger partial charge in [-0.25, -0.2) is 4.79 Å². The molecule has 88 valence electrons. The molecule has 0 bridgehead atoms. The van der Waals surface area contributed by atoms with Crippen molar-refractivity contribution in [3.8, 4) is 0 Å². The zero-order valence-electron chi connectivity index (χ0n) is 10.4. The lowest BCUT2D eigenvalue weighted by Gasteiger charge is -2.26. The van der Waals surface area contributed by atoms with Crippen LogP contribution in [0.3, 0.4) is 0 Å². The summed E-state index contributed by atoms with van der Waals surface area (Å²) in [6.07, 6.45) is 3.26. The number of hydrogen-bond donors (Lipinski definition) is 0. The summed E-state index contributed by atoms with van der Waals surface area (Å²) in [5.74, 6) is 0.734. The number of carbonyl (C=O) groups is 1. The first-order valence-corrected chi connectivity index (χ1v) is 5.86. The molecule has 15 heavy (non-hydrogen) atoms. The number of rotatable bonds is 0. The average molecular weight is 213 g/mol. The second-order valence-corrected chi connectivity index (χ2v) is 5.50. The van der Waals surface area contributed by atoms with Crippen LogP contribution in [-0.4, -0.2) is 29.7 Å². The SMILES string of the molecule is CC1CCCN(C(=O)OC(C)(C)C)CC1. The third kappa shape index (κ3) is 4.54. The molecule has 1 unspecified atom stereocenters. The molecule has 0 aliphatic carbocycles. The monoisotopic (exact) mass is 213 g/mol. The van der Waals surface area contributed by atoms with Gasteiger partial charge in [0.15, 0.2) is 0 Å². The van der Waals surface area contributed by atoms with Gasteiger partial charge in [-0.2, -0.15) is 0 Å². The molecule has 1 atom stereocenters. The minimum Gasteiger partial charge on any atom is -0.444 e. The first-order chi connectivity index (χ1) is 6.88. The van der Waals surface area contributed by atoms with Crippen LogP contribution < -0.4 is 0 Å². The van der Waals surface area contributed by atoms with Crippen molar-refractivity contribution < 1.29 is 9.53 Å². The van der Waals surface area contributed by atoms with Gasteiger partial charge in [-0.05, 0) is 46.0 Å².